The van der Waals surface area contributed by atoms with Crippen molar-refractivity contribution in [3.8, 4) is 0 Å². The second-order valence-electron chi connectivity index (χ2n) is 6.26. The van der Waals surface area contributed by atoms with Crippen molar-refractivity contribution in [2.24, 2.45) is 5.92 Å². The zero-order chi connectivity index (χ0) is 16.8. The number of nitrogens with one attached hydrogen (secondary N) is 1. The molecule has 6 nitrogen and oxygen atoms in total. The van der Waals surface area contributed by atoms with Gasteiger partial charge in [0.05, 0.1) is 13.2 Å². The van der Waals surface area contributed by atoms with E-state index in [1.54, 1.807) is 11.3 Å². The minimum Gasteiger partial charge on any atom is -0.378 e. The zero-order valence-electron chi connectivity index (χ0n) is 13.9. The molecule has 2 fully saturated rings. The largest absolute Gasteiger partial charge is 0.378 e. The molecule has 0 unspecified atom stereocenters. The number of thiophene rings is 1. The normalized spacial score (nSPS) is 19.3. The number of ether oxygens (including phenoxy) is 1. The lowest BCUT2D eigenvalue weighted by Gasteiger charge is -2.35. The summed E-state index contributed by atoms with van der Waals surface area (Å²) in [5, 5.41) is 5.03. The number of piperidine rings is 1. The first kappa shape index (κ1) is 17.2. The molecular formula is C17H25N3O3S. The van der Waals surface area contributed by atoms with E-state index < -0.39 is 0 Å². The van der Waals surface area contributed by atoms with Crippen molar-refractivity contribution in [1.29, 1.82) is 0 Å². The molecule has 1 aromatic rings. The molecular weight excluding hydrogens is 326 g/mol. The third-order valence-corrected chi connectivity index (χ3v) is 5.62. The highest BCUT2D eigenvalue weighted by Crippen LogP contribution is 2.20. The van der Waals surface area contributed by atoms with E-state index in [9.17, 15) is 9.59 Å². The number of rotatable bonds is 4. The Hall–Kier alpha value is -1.60. The van der Waals surface area contributed by atoms with Gasteiger partial charge in [-0.2, -0.15) is 0 Å². The number of carbonyl (C=O) groups is 2. The molecule has 0 aliphatic carbocycles. The minimum atomic E-state index is -0.0103. The quantitative estimate of drug-likeness (QED) is 0.896. The maximum Gasteiger partial charge on any atom is 0.317 e. The molecule has 0 atom stereocenters. The number of amides is 3. The second kappa shape index (κ2) is 8.48. The maximum atomic E-state index is 12.5. The predicted octanol–water partition coefficient (Wildman–Crippen LogP) is 1.57. The first-order chi connectivity index (χ1) is 11.7. The fourth-order valence-electron chi connectivity index (χ4n) is 3.23. The summed E-state index contributed by atoms with van der Waals surface area (Å²) in [5.41, 5.74) is 0. The van der Waals surface area contributed by atoms with Crippen molar-refractivity contribution in [2.75, 3.05) is 45.9 Å². The van der Waals surface area contributed by atoms with Crippen LogP contribution >= 0.6 is 11.3 Å². The standard InChI is InChI=1S/C17H25N3O3S/c21-16(19-9-11-23-12-10-19)14-4-7-20(8-5-14)17(22)18-6-3-15-2-1-13-24-15/h1-2,13-14H,3-12H2,(H,18,22). The molecule has 1 N–H and O–H groups in total. The first-order valence-corrected chi connectivity index (χ1v) is 9.53. The fourth-order valence-corrected chi connectivity index (χ4v) is 3.94. The van der Waals surface area contributed by atoms with Crippen LogP contribution < -0.4 is 5.32 Å². The smallest absolute Gasteiger partial charge is 0.317 e. The van der Waals surface area contributed by atoms with Crippen LogP contribution in [0, 0.1) is 5.92 Å². The summed E-state index contributed by atoms with van der Waals surface area (Å²) in [6, 6.07) is 4.10. The molecule has 2 saturated heterocycles. The van der Waals surface area contributed by atoms with E-state index in [-0.39, 0.29) is 17.9 Å². The average molecular weight is 351 g/mol. The van der Waals surface area contributed by atoms with Gasteiger partial charge < -0.3 is 19.9 Å². The SMILES string of the molecule is O=C(NCCc1cccs1)N1CCC(C(=O)N2CCOCC2)CC1. The molecule has 2 aliphatic heterocycles. The van der Waals surface area contributed by atoms with Crippen LogP contribution in [0.5, 0.6) is 0 Å². The van der Waals surface area contributed by atoms with Gasteiger partial charge in [-0.3, -0.25) is 4.79 Å². The van der Waals surface area contributed by atoms with Gasteiger partial charge in [0.1, 0.15) is 0 Å². The molecule has 2 aliphatic rings. The number of hydrogen-bond acceptors (Lipinski definition) is 4. The van der Waals surface area contributed by atoms with E-state index in [1.165, 1.54) is 4.88 Å². The summed E-state index contributed by atoms with van der Waals surface area (Å²) < 4.78 is 5.30. The molecule has 0 aromatic carbocycles. The van der Waals surface area contributed by atoms with Crippen LogP contribution in [-0.2, 0) is 16.0 Å². The van der Waals surface area contributed by atoms with Crippen molar-refractivity contribution in [3.63, 3.8) is 0 Å². The summed E-state index contributed by atoms with van der Waals surface area (Å²) in [5.74, 6) is 0.286. The summed E-state index contributed by atoms with van der Waals surface area (Å²) in [7, 11) is 0. The summed E-state index contributed by atoms with van der Waals surface area (Å²) in [6.45, 7) is 4.64. The number of nitrogens with zero attached hydrogens (tertiary/aromatic N) is 2. The lowest BCUT2D eigenvalue weighted by molar-refractivity contribution is -0.141. The number of urea groups is 1. The van der Waals surface area contributed by atoms with Crippen LogP contribution in [-0.4, -0.2) is 67.7 Å². The Morgan fingerprint density at radius 2 is 1.92 bits per heavy atom. The minimum absolute atomic E-state index is 0.0103. The Morgan fingerprint density at radius 1 is 1.17 bits per heavy atom. The lowest BCUT2D eigenvalue weighted by Crippen LogP contribution is -2.49. The van der Waals surface area contributed by atoms with Crippen LogP contribution in [0.15, 0.2) is 17.5 Å². The summed E-state index contributed by atoms with van der Waals surface area (Å²) in [6.07, 6.45) is 2.39. The molecule has 3 rings (SSSR count). The van der Waals surface area contributed by atoms with E-state index in [4.69, 9.17) is 4.74 Å². The molecule has 3 amide bonds. The monoisotopic (exact) mass is 351 g/mol. The maximum absolute atomic E-state index is 12.5. The average Bonchev–Trinajstić information content (AvgIpc) is 3.15. The lowest BCUT2D eigenvalue weighted by atomic mass is 9.95. The van der Waals surface area contributed by atoms with Crippen molar-refractivity contribution in [2.45, 2.75) is 19.3 Å². The molecule has 1 aromatic heterocycles. The Bertz CT molecular complexity index is 535. The van der Waals surface area contributed by atoms with Crippen LogP contribution in [0.4, 0.5) is 4.79 Å². The molecule has 0 spiro atoms. The van der Waals surface area contributed by atoms with E-state index >= 15 is 0 Å². The van der Waals surface area contributed by atoms with Crippen LogP contribution in [0.3, 0.4) is 0 Å². The second-order valence-corrected chi connectivity index (χ2v) is 7.29. The number of likely N-dealkylation sites (tertiary alicyclic amines) is 1. The third-order valence-electron chi connectivity index (χ3n) is 4.68. The van der Waals surface area contributed by atoms with Gasteiger partial charge in [0.25, 0.3) is 0 Å². The van der Waals surface area contributed by atoms with Crippen LogP contribution in [0.2, 0.25) is 0 Å². The van der Waals surface area contributed by atoms with Gasteiger partial charge >= 0.3 is 6.03 Å². The Kier molecular flexibility index (Phi) is 6.09. The highest BCUT2D eigenvalue weighted by Gasteiger charge is 2.30. The van der Waals surface area contributed by atoms with Gasteiger partial charge in [0.2, 0.25) is 5.91 Å². The van der Waals surface area contributed by atoms with Gasteiger partial charge in [-0.1, -0.05) is 6.07 Å². The highest BCUT2D eigenvalue weighted by molar-refractivity contribution is 7.09. The van der Waals surface area contributed by atoms with Gasteiger partial charge in [-0.25, -0.2) is 4.79 Å². The Labute approximate surface area is 146 Å². The molecule has 0 saturated carbocycles. The highest BCUT2D eigenvalue weighted by atomic mass is 32.1. The van der Waals surface area contributed by atoms with Gasteiger partial charge in [-0.15, -0.1) is 11.3 Å². The fraction of sp³-hybridized carbons (Fsp3) is 0.647. The topological polar surface area (TPSA) is 61.9 Å². The van der Waals surface area contributed by atoms with E-state index in [1.807, 2.05) is 21.2 Å². The molecule has 7 heteroatoms. The number of hydrogen-bond donors (Lipinski definition) is 1. The van der Waals surface area contributed by atoms with Crippen LogP contribution in [0.25, 0.3) is 0 Å². The van der Waals surface area contributed by atoms with E-state index in [0.29, 0.717) is 45.9 Å². The molecule has 0 radical (unpaired) electrons. The Morgan fingerprint density at radius 3 is 2.58 bits per heavy atom. The van der Waals surface area contributed by atoms with Crippen LogP contribution in [0.1, 0.15) is 17.7 Å². The first-order valence-electron chi connectivity index (χ1n) is 8.66. The molecule has 24 heavy (non-hydrogen) atoms. The van der Waals surface area contributed by atoms with Gasteiger partial charge in [0.15, 0.2) is 0 Å². The van der Waals surface area contributed by atoms with Crippen molar-refractivity contribution >= 4 is 23.3 Å². The molecule has 132 valence electrons. The number of carbonyl (C=O) groups excluding carboxylic acids is 2. The molecule has 3 heterocycles. The van der Waals surface area contributed by atoms with Crippen molar-refractivity contribution in [3.05, 3.63) is 22.4 Å². The number of morpholine rings is 1. The van der Waals surface area contributed by atoms with E-state index in [2.05, 4.69) is 11.4 Å². The molecule has 0 bridgehead atoms. The van der Waals surface area contributed by atoms with Crippen molar-refractivity contribution in [1.82, 2.24) is 15.1 Å². The van der Waals surface area contributed by atoms with E-state index in [0.717, 1.165) is 19.3 Å². The van der Waals surface area contributed by atoms with Crippen molar-refractivity contribution < 1.29 is 14.3 Å². The zero-order valence-corrected chi connectivity index (χ0v) is 14.7. The third kappa shape index (κ3) is 4.48. The predicted molar refractivity (Wildman–Crippen MR) is 93.1 cm³/mol. The van der Waals surface area contributed by atoms with Gasteiger partial charge in [-0.05, 0) is 30.7 Å². The summed E-state index contributed by atoms with van der Waals surface area (Å²) in [4.78, 5) is 29.7. The Balaban J connectivity index is 1.37. The van der Waals surface area contributed by atoms with Gasteiger partial charge in [0, 0.05) is 43.5 Å². The summed E-state index contributed by atoms with van der Waals surface area (Å²) >= 11 is 1.71.